The fourth-order valence-corrected chi connectivity index (χ4v) is 4.86. The standard InChI is InChI=1S/C30H32N6O2/c1-2-38-30(37)24-13-15-25(16-14-24)34-28-26(31)29(33-21-32-28)36-19-17-35(18-20-36)27(22-9-5-3-6-10-22)23-11-7-4-8-12-23/h3-16,21,27H,2,17-20,31H2,1H3,(H,32,33,34). The van der Waals surface area contributed by atoms with Crippen LogP contribution >= 0.6 is 0 Å². The summed E-state index contributed by atoms with van der Waals surface area (Å²) in [5.74, 6) is 0.915. The maximum absolute atomic E-state index is 11.9. The number of anilines is 4. The number of nitrogens with zero attached hydrogens (tertiary/aromatic N) is 4. The summed E-state index contributed by atoms with van der Waals surface area (Å²) in [5, 5.41) is 3.25. The topological polar surface area (TPSA) is 96.6 Å². The first-order valence-corrected chi connectivity index (χ1v) is 12.9. The van der Waals surface area contributed by atoms with Crippen LogP contribution in [0.4, 0.5) is 23.0 Å². The zero-order valence-electron chi connectivity index (χ0n) is 21.5. The van der Waals surface area contributed by atoms with E-state index in [1.165, 1.54) is 17.5 Å². The smallest absolute Gasteiger partial charge is 0.338 e. The predicted octanol–water partition coefficient (Wildman–Crippen LogP) is 4.89. The molecule has 1 aliphatic rings. The van der Waals surface area contributed by atoms with Crippen LogP contribution in [0.3, 0.4) is 0 Å². The second kappa shape index (κ2) is 11.7. The average Bonchev–Trinajstić information content (AvgIpc) is 2.96. The molecule has 0 aliphatic carbocycles. The molecule has 3 N–H and O–H groups in total. The minimum Gasteiger partial charge on any atom is -0.462 e. The van der Waals surface area contributed by atoms with Gasteiger partial charge in [-0.05, 0) is 42.3 Å². The molecular formula is C30H32N6O2. The van der Waals surface area contributed by atoms with Gasteiger partial charge in [-0.15, -0.1) is 0 Å². The molecule has 1 fully saturated rings. The molecule has 0 atom stereocenters. The van der Waals surface area contributed by atoms with E-state index in [1.807, 2.05) is 0 Å². The van der Waals surface area contributed by atoms with Gasteiger partial charge in [-0.3, -0.25) is 4.90 Å². The average molecular weight is 509 g/mol. The van der Waals surface area contributed by atoms with E-state index < -0.39 is 0 Å². The van der Waals surface area contributed by atoms with Gasteiger partial charge in [0.15, 0.2) is 11.6 Å². The zero-order valence-corrected chi connectivity index (χ0v) is 21.5. The van der Waals surface area contributed by atoms with E-state index in [9.17, 15) is 4.79 Å². The molecule has 2 heterocycles. The molecule has 8 heteroatoms. The van der Waals surface area contributed by atoms with E-state index in [4.69, 9.17) is 10.5 Å². The van der Waals surface area contributed by atoms with Crippen molar-refractivity contribution in [2.24, 2.45) is 0 Å². The van der Waals surface area contributed by atoms with Crippen molar-refractivity contribution in [2.75, 3.05) is 48.7 Å². The molecule has 0 spiro atoms. The van der Waals surface area contributed by atoms with E-state index in [0.29, 0.717) is 23.7 Å². The Bertz CT molecular complexity index is 1300. The number of benzene rings is 3. The van der Waals surface area contributed by atoms with Gasteiger partial charge in [0.2, 0.25) is 0 Å². The van der Waals surface area contributed by atoms with Gasteiger partial charge in [0.05, 0.1) is 18.2 Å². The molecule has 4 aromatic rings. The summed E-state index contributed by atoms with van der Waals surface area (Å²) >= 11 is 0. The molecule has 0 unspecified atom stereocenters. The Morgan fingerprint density at radius 2 is 1.50 bits per heavy atom. The number of carbonyl (C=O) groups is 1. The molecule has 1 saturated heterocycles. The number of aromatic nitrogens is 2. The van der Waals surface area contributed by atoms with Crippen LogP contribution in [0.15, 0.2) is 91.3 Å². The van der Waals surface area contributed by atoms with Crippen LogP contribution in [0.2, 0.25) is 0 Å². The van der Waals surface area contributed by atoms with Crippen LogP contribution in [0.5, 0.6) is 0 Å². The number of rotatable bonds is 8. The second-order valence-electron chi connectivity index (χ2n) is 9.13. The predicted molar refractivity (Wildman–Crippen MR) is 151 cm³/mol. The van der Waals surface area contributed by atoms with Crippen molar-refractivity contribution >= 4 is 29.0 Å². The summed E-state index contributed by atoms with van der Waals surface area (Å²) in [4.78, 5) is 25.5. The van der Waals surface area contributed by atoms with Gasteiger partial charge in [-0.1, -0.05) is 60.7 Å². The van der Waals surface area contributed by atoms with Gasteiger partial charge in [0, 0.05) is 31.9 Å². The first-order valence-electron chi connectivity index (χ1n) is 12.9. The third-order valence-electron chi connectivity index (χ3n) is 6.73. The number of piperazine rings is 1. The lowest BCUT2D eigenvalue weighted by molar-refractivity contribution is 0.0526. The molecule has 0 saturated carbocycles. The first kappa shape index (κ1) is 25.2. The van der Waals surface area contributed by atoms with E-state index in [1.54, 1.807) is 31.2 Å². The fraction of sp³-hybridized carbons (Fsp3) is 0.233. The monoisotopic (exact) mass is 508 g/mol. The summed E-state index contributed by atoms with van der Waals surface area (Å²) in [5.41, 5.74) is 10.9. The highest BCUT2D eigenvalue weighted by atomic mass is 16.5. The van der Waals surface area contributed by atoms with E-state index in [-0.39, 0.29) is 12.0 Å². The number of nitrogen functional groups attached to an aromatic ring is 1. The molecule has 8 nitrogen and oxygen atoms in total. The van der Waals surface area contributed by atoms with Crippen LogP contribution < -0.4 is 16.0 Å². The largest absolute Gasteiger partial charge is 0.462 e. The summed E-state index contributed by atoms with van der Waals surface area (Å²) < 4.78 is 5.05. The van der Waals surface area contributed by atoms with Crippen molar-refractivity contribution in [3.05, 3.63) is 108 Å². The molecule has 38 heavy (non-hydrogen) atoms. The maximum atomic E-state index is 11.9. The molecule has 1 aromatic heterocycles. The number of ether oxygens (including phenoxy) is 1. The van der Waals surface area contributed by atoms with Crippen molar-refractivity contribution < 1.29 is 9.53 Å². The van der Waals surface area contributed by atoms with Gasteiger partial charge in [-0.2, -0.15) is 0 Å². The highest BCUT2D eigenvalue weighted by Gasteiger charge is 2.28. The fourth-order valence-electron chi connectivity index (χ4n) is 4.86. The van der Waals surface area contributed by atoms with Crippen LogP contribution in [0.1, 0.15) is 34.5 Å². The van der Waals surface area contributed by atoms with Gasteiger partial charge < -0.3 is 20.7 Å². The van der Waals surface area contributed by atoms with Crippen LogP contribution in [0, 0.1) is 0 Å². The molecule has 0 bridgehead atoms. The van der Waals surface area contributed by atoms with Crippen molar-refractivity contribution in [2.45, 2.75) is 13.0 Å². The van der Waals surface area contributed by atoms with Gasteiger partial charge in [-0.25, -0.2) is 14.8 Å². The molecule has 5 rings (SSSR count). The Hall–Kier alpha value is -4.43. The van der Waals surface area contributed by atoms with Crippen molar-refractivity contribution in [1.29, 1.82) is 0 Å². The third kappa shape index (κ3) is 5.60. The van der Waals surface area contributed by atoms with Crippen molar-refractivity contribution in [3.63, 3.8) is 0 Å². The van der Waals surface area contributed by atoms with Gasteiger partial charge >= 0.3 is 5.97 Å². The van der Waals surface area contributed by atoms with Crippen molar-refractivity contribution in [3.8, 4) is 0 Å². The number of carbonyl (C=O) groups excluding carboxylic acids is 1. The Kier molecular flexibility index (Phi) is 7.80. The normalized spacial score (nSPS) is 13.9. The van der Waals surface area contributed by atoms with Gasteiger partial charge in [0.1, 0.15) is 12.0 Å². The highest BCUT2D eigenvalue weighted by Crippen LogP contribution is 2.33. The maximum Gasteiger partial charge on any atom is 0.338 e. The Balaban J connectivity index is 1.29. The SMILES string of the molecule is CCOC(=O)c1ccc(Nc2ncnc(N3CCN(C(c4ccccc4)c4ccccc4)CC3)c2N)cc1. The highest BCUT2D eigenvalue weighted by molar-refractivity contribution is 5.90. The summed E-state index contributed by atoms with van der Waals surface area (Å²) in [6, 6.07) is 28.5. The molecule has 3 aromatic carbocycles. The first-order chi connectivity index (χ1) is 18.6. The molecule has 0 radical (unpaired) electrons. The minimum absolute atomic E-state index is 0.192. The van der Waals surface area contributed by atoms with Crippen LogP contribution in [-0.4, -0.2) is 53.6 Å². The number of hydrogen-bond donors (Lipinski definition) is 2. The number of nitrogens with two attached hydrogens (primary N) is 1. The second-order valence-corrected chi connectivity index (χ2v) is 9.13. The number of nitrogens with one attached hydrogen (secondary N) is 1. The Morgan fingerprint density at radius 1 is 0.895 bits per heavy atom. The molecule has 194 valence electrons. The van der Waals surface area contributed by atoms with Crippen molar-refractivity contribution in [1.82, 2.24) is 14.9 Å². The van der Waals surface area contributed by atoms with E-state index >= 15 is 0 Å². The Labute approximate surface area is 223 Å². The lowest BCUT2D eigenvalue weighted by Crippen LogP contribution is -2.48. The minimum atomic E-state index is -0.344. The zero-order chi connectivity index (χ0) is 26.3. The lowest BCUT2D eigenvalue weighted by atomic mass is 9.96. The number of hydrogen-bond acceptors (Lipinski definition) is 8. The quantitative estimate of drug-likeness (QED) is 0.325. The summed E-state index contributed by atoms with van der Waals surface area (Å²) in [6.07, 6.45) is 1.53. The number of esters is 1. The molecule has 0 amide bonds. The molecule has 1 aliphatic heterocycles. The van der Waals surface area contributed by atoms with Gasteiger partial charge in [0.25, 0.3) is 0 Å². The van der Waals surface area contributed by atoms with E-state index in [0.717, 1.165) is 37.7 Å². The third-order valence-corrected chi connectivity index (χ3v) is 6.73. The lowest BCUT2D eigenvalue weighted by Gasteiger charge is -2.40. The summed E-state index contributed by atoms with van der Waals surface area (Å²) in [7, 11) is 0. The molecular weight excluding hydrogens is 476 g/mol. The summed E-state index contributed by atoms with van der Waals surface area (Å²) in [6.45, 7) is 5.46. The van der Waals surface area contributed by atoms with Crippen LogP contribution in [0.25, 0.3) is 0 Å². The Morgan fingerprint density at radius 3 is 2.08 bits per heavy atom. The van der Waals surface area contributed by atoms with Crippen LogP contribution in [-0.2, 0) is 4.74 Å². The van der Waals surface area contributed by atoms with E-state index in [2.05, 4.69) is 85.7 Å².